The third-order valence-corrected chi connectivity index (χ3v) is 8.77. The number of fused-ring (bicyclic) bond motifs is 1. The minimum atomic E-state index is -3.51. The molecule has 9 heteroatoms. The lowest BCUT2D eigenvalue weighted by Gasteiger charge is -2.33. The van der Waals surface area contributed by atoms with Crippen LogP contribution in [0, 0.1) is 0 Å². The molecule has 0 radical (unpaired) electrons. The summed E-state index contributed by atoms with van der Waals surface area (Å²) in [6.45, 7) is 4.61. The number of piperazine rings is 1. The summed E-state index contributed by atoms with van der Waals surface area (Å²) in [4.78, 5) is 14.2. The maximum absolute atomic E-state index is 12.8. The van der Waals surface area contributed by atoms with Crippen LogP contribution < -0.4 is 5.63 Å². The summed E-state index contributed by atoms with van der Waals surface area (Å²) < 4.78 is 33.1. The minimum Gasteiger partial charge on any atom is -0.423 e. The summed E-state index contributed by atoms with van der Waals surface area (Å²) in [5.74, 6) is 0. The van der Waals surface area contributed by atoms with Gasteiger partial charge in [-0.05, 0) is 35.7 Å². The highest BCUT2D eigenvalue weighted by Crippen LogP contribution is 2.29. The Labute approximate surface area is 178 Å². The van der Waals surface area contributed by atoms with Crippen molar-refractivity contribution in [2.45, 2.75) is 24.1 Å². The van der Waals surface area contributed by atoms with Gasteiger partial charge in [0.25, 0.3) is 10.0 Å². The number of nitrogens with zero attached hydrogens (tertiary/aromatic N) is 2. The average molecular weight is 453 g/mol. The maximum Gasteiger partial charge on any atom is 0.336 e. The van der Waals surface area contributed by atoms with Gasteiger partial charge in [0, 0.05) is 44.2 Å². The molecule has 0 aliphatic carbocycles. The van der Waals surface area contributed by atoms with E-state index in [1.165, 1.54) is 10.4 Å². The second-order valence-electron chi connectivity index (χ2n) is 7.01. The molecule has 4 rings (SSSR count). The van der Waals surface area contributed by atoms with Crippen LogP contribution in [0.5, 0.6) is 0 Å². The smallest absolute Gasteiger partial charge is 0.336 e. The van der Waals surface area contributed by atoms with E-state index in [0.29, 0.717) is 42.6 Å². The first-order chi connectivity index (χ1) is 13.9. The monoisotopic (exact) mass is 452 g/mol. The quantitative estimate of drug-likeness (QED) is 0.553. The van der Waals surface area contributed by atoms with Gasteiger partial charge in [0.1, 0.15) is 9.79 Å². The topological polar surface area (TPSA) is 70.8 Å². The molecule has 3 aromatic rings. The first-order valence-corrected chi connectivity index (χ1v) is 12.0. The van der Waals surface area contributed by atoms with Crippen LogP contribution in [0.2, 0.25) is 4.34 Å². The zero-order chi connectivity index (χ0) is 20.6. The van der Waals surface area contributed by atoms with Crippen molar-refractivity contribution in [3.05, 3.63) is 62.3 Å². The lowest BCUT2D eigenvalue weighted by molar-refractivity contribution is 0.182. The zero-order valence-electron chi connectivity index (χ0n) is 15.9. The van der Waals surface area contributed by atoms with Gasteiger partial charge in [0.05, 0.1) is 4.34 Å². The number of aryl methyl sites for hydroxylation is 1. The third-order valence-electron chi connectivity index (χ3n) is 5.17. The highest BCUT2D eigenvalue weighted by molar-refractivity contribution is 7.91. The molecule has 0 bridgehead atoms. The van der Waals surface area contributed by atoms with E-state index in [4.69, 9.17) is 16.0 Å². The molecule has 1 aromatic carbocycles. The Bertz CT molecular complexity index is 1190. The molecular formula is C20H21ClN2O4S2. The summed E-state index contributed by atoms with van der Waals surface area (Å²) in [5.41, 5.74) is 2.25. The van der Waals surface area contributed by atoms with E-state index < -0.39 is 10.0 Å². The molecule has 1 saturated heterocycles. The molecule has 0 spiro atoms. The van der Waals surface area contributed by atoms with Crippen LogP contribution in [-0.4, -0.2) is 43.8 Å². The molecule has 2 aromatic heterocycles. The van der Waals surface area contributed by atoms with E-state index in [1.54, 1.807) is 12.1 Å². The SMILES string of the molecule is CCc1ccc2c(CN3CCN(S(=O)(=O)c4ccc(Cl)s4)CC3)cc(=O)oc2c1. The Morgan fingerprint density at radius 1 is 1.10 bits per heavy atom. The molecule has 3 heterocycles. The molecule has 0 N–H and O–H groups in total. The van der Waals surface area contributed by atoms with Gasteiger partial charge < -0.3 is 4.42 Å². The van der Waals surface area contributed by atoms with Gasteiger partial charge >= 0.3 is 5.63 Å². The highest BCUT2D eigenvalue weighted by atomic mass is 35.5. The van der Waals surface area contributed by atoms with Crippen LogP contribution in [0.1, 0.15) is 18.1 Å². The van der Waals surface area contributed by atoms with Crippen LogP contribution in [0.4, 0.5) is 0 Å². The van der Waals surface area contributed by atoms with E-state index in [9.17, 15) is 13.2 Å². The van der Waals surface area contributed by atoms with E-state index in [1.807, 2.05) is 18.2 Å². The predicted octanol–water partition coefficient (Wildman–Crippen LogP) is 3.58. The lowest BCUT2D eigenvalue weighted by Crippen LogP contribution is -2.48. The van der Waals surface area contributed by atoms with Crippen molar-refractivity contribution in [1.82, 2.24) is 9.21 Å². The molecule has 1 aliphatic heterocycles. The largest absolute Gasteiger partial charge is 0.423 e. The molecule has 0 unspecified atom stereocenters. The van der Waals surface area contributed by atoms with Crippen molar-refractivity contribution in [3.8, 4) is 0 Å². The fourth-order valence-electron chi connectivity index (χ4n) is 3.56. The van der Waals surface area contributed by atoms with Crippen LogP contribution in [0.25, 0.3) is 11.0 Å². The predicted molar refractivity (Wildman–Crippen MR) is 115 cm³/mol. The summed E-state index contributed by atoms with van der Waals surface area (Å²) in [5, 5.41) is 0.921. The standard InChI is InChI=1S/C20H21ClN2O4S2/c1-2-14-3-4-16-15(12-19(24)27-17(16)11-14)13-22-7-9-23(10-8-22)29(25,26)20-6-5-18(21)28-20/h3-6,11-12H,2,7-10,13H2,1H3. The van der Waals surface area contributed by atoms with E-state index in [0.717, 1.165) is 34.3 Å². The number of benzene rings is 1. The van der Waals surface area contributed by atoms with Crippen LogP contribution in [0.15, 0.2) is 49.8 Å². The molecular weight excluding hydrogens is 432 g/mol. The summed E-state index contributed by atoms with van der Waals surface area (Å²) in [6, 6.07) is 10.6. The Kier molecular flexibility index (Phi) is 5.81. The van der Waals surface area contributed by atoms with Gasteiger partial charge in [-0.15, -0.1) is 11.3 Å². The molecule has 29 heavy (non-hydrogen) atoms. The first kappa shape index (κ1) is 20.6. The third kappa shape index (κ3) is 4.27. The number of halogens is 1. The van der Waals surface area contributed by atoms with Crippen molar-refractivity contribution in [3.63, 3.8) is 0 Å². The molecule has 0 amide bonds. The summed E-state index contributed by atoms with van der Waals surface area (Å²) >= 11 is 6.97. The van der Waals surface area contributed by atoms with Gasteiger partial charge in [-0.25, -0.2) is 13.2 Å². The van der Waals surface area contributed by atoms with Gasteiger partial charge in [0.2, 0.25) is 0 Å². The Hall–Kier alpha value is -1.71. The fraction of sp³-hybridized carbons (Fsp3) is 0.350. The zero-order valence-corrected chi connectivity index (χ0v) is 18.3. The van der Waals surface area contributed by atoms with Crippen molar-refractivity contribution in [1.29, 1.82) is 0 Å². The van der Waals surface area contributed by atoms with E-state index in [2.05, 4.69) is 11.8 Å². The van der Waals surface area contributed by atoms with Crippen molar-refractivity contribution >= 4 is 43.9 Å². The molecule has 1 fully saturated rings. The number of thiophene rings is 1. The summed E-state index contributed by atoms with van der Waals surface area (Å²) in [7, 11) is -3.51. The Morgan fingerprint density at radius 2 is 1.86 bits per heavy atom. The molecule has 1 aliphatic rings. The summed E-state index contributed by atoms with van der Waals surface area (Å²) in [6.07, 6.45) is 0.871. The van der Waals surface area contributed by atoms with Crippen molar-refractivity contribution in [2.75, 3.05) is 26.2 Å². The lowest BCUT2D eigenvalue weighted by atomic mass is 10.1. The van der Waals surface area contributed by atoms with Gasteiger partial charge in [-0.2, -0.15) is 4.31 Å². The van der Waals surface area contributed by atoms with Crippen LogP contribution >= 0.6 is 22.9 Å². The molecule has 154 valence electrons. The molecule has 0 saturated carbocycles. The van der Waals surface area contributed by atoms with Gasteiger partial charge in [-0.3, -0.25) is 4.90 Å². The van der Waals surface area contributed by atoms with Crippen LogP contribution in [-0.2, 0) is 23.0 Å². The average Bonchev–Trinajstić information content (AvgIpc) is 3.15. The normalized spacial score (nSPS) is 16.5. The second-order valence-corrected chi connectivity index (χ2v) is 10.9. The Balaban J connectivity index is 1.49. The fourth-order valence-corrected chi connectivity index (χ4v) is 6.62. The Morgan fingerprint density at radius 3 is 2.52 bits per heavy atom. The highest BCUT2D eigenvalue weighted by Gasteiger charge is 2.29. The number of rotatable bonds is 5. The van der Waals surface area contributed by atoms with Crippen LogP contribution in [0.3, 0.4) is 0 Å². The maximum atomic E-state index is 12.8. The first-order valence-electron chi connectivity index (χ1n) is 9.40. The van der Waals surface area contributed by atoms with Crippen molar-refractivity contribution < 1.29 is 12.8 Å². The van der Waals surface area contributed by atoms with Gasteiger partial charge in [-0.1, -0.05) is 30.7 Å². The van der Waals surface area contributed by atoms with E-state index in [-0.39, 0.29) is 9.83 Å². The number of sulfonamides is 1. The van der Waals surface area contributed by atoms with Gasteiger partial charge in [0.15, 0.2) is 0 Å². The van der Waals surface area contributed by atoms with E-state index >= 15 is 0 Å². The minimum absolute atomic E-state index is 0.273. The number of hydrogen-bond acceptors (Lipinski definition) is 6. The molecule has 6 nitrogen and oxygen atoms in total. The second kappa shape index (κ2) is 8.20. The molecule has 0 atom stereocenters. The number of hydrogen-bond donors (Lipinski definition) is 0. The van der Waals surface area contributed by atoms with Crippen molar-refractivity contribution in [2.24, 2.45) is 0 Å².